The molecule has 1 atom stereocenters. The summed E-state index contributed by atoms with van der Waals surface area (Å²) >= 11 is 0. The SMILES string of the molecule is Oc1cc(O)cc(CC(O)(Cc2c(O)cc(O)cc2O)c2cc(O)cc(O)c2)c1. The Morgan fingerprint density at radius 3 is 1.41 bits per heavy atom. The lowest BCUT2D eigenvalue weighted by atomic mass is 9.81. The van der Waals surface area contributed by atoms with Gasteiger partial charge in [0.1, 0.15) is 40.2 Å². The van der Waals surface area contributed by atoms with E-state index >= 15 is 0 Å². The van der Waals surface area contributed by atoms with Crippen LogP contribution in [0, 0.1) is 0 Å². The normalized spacial score (nSPS) is 13.1. The number of phenolic OH excluding ortho intramolecular Hbond substituents is 7. The fourth-order valence-electron chi connectivity index (χ4n) is 3.33. The number of phenols is 7. The van der Waals surface area contributed by atoms with Crippen molar-refractivity contribution in [2.24, 2.45) is 0 Å². The van der Waals surface area contributed by atoms with Crippen molar-refractivity contribution < 1.29 is 40.9 Å². The van der Waals surface area contributed by atoms with Crippen molar-refractivity contribution in [3.05, 3.63) is 65.2 Å². The van der Waals surface area contributed by atoms with Crippen molar-refractivity contribution in [1.29, 1.82) is 0 Å². The maximum Gasteiger partial charge on any atom is 0.126 e. The summed E-state index contributed by atoms with van der Waals surface area (Å²) in [6.45, 7) is 0. The first-order valence-corrected chi connectivity index (χ1v) is 8.57. The third-order valence-corrected chi connectivity index (χ3v) is 4.56. The lowest BCUT2D eigenvalue weighted by Gasteiger charge is -2.30. The largest absolute Gasteiger partial charge is 0.508 e. The molecule has 0 saturated carbocycles. The van der Waals surface area contributed by atoms with Crippen LogP contribution in [0.1, 0.15) is 16.7 Å². The molecule has 8 nitrogen and oxygen atoms in total. The highest BCUT2D eigenvalue weighted by Crippen LogP contribution is 2.41. The van der Waals surface area contributed by atoms with Gasteiger partial charge in [-0.1, -0.05) is 0 Å². The summed E-state index contributed by atoms with van der Waals surface area (Å²) < 4.78 is 0. The van der Waals surface area contributed by atoms with E-state index in [1.165, 1.54) is 24.3 Å². The highest BCUT2D eigenvalue weighted by molar-refractivity contribution is 5.51. The van der Waals surface area contributed by atoms with Crippen LogP contribution in [-0.2, 0) is 18.4 Å². The molecule has 0 aromatic heterocycles. The van der Waals surface area contributed by atoms with Gasteiger partial charge in [0, 0.05) is 42.7 Å². The third kappa shape index (κ3) is 4.39. The Morgan fingerprint density at radius 1 is 0.517 bits per heavy atom. The monoisotopic (exact) mass is 400 g/mol. The summed E-state index contributed by atoms with van der Waals surface area (Å²) in [5.41, 5.74) is -1.62. The molecule has 0 aliphatic heterocycles. The van der Waals surface area contributed by atoms with Gasteiger partial charge in [0.2, 0.25) is 0 Å². The van der Waals surface area contributed by atoms with Gasteiger partial charge < -0.3 is 40.9 Å². The van der Waals surface area contributed by atoms with Gasteiger partial charge >= 0.3 is 0 Å². The van der Waals surface area contributed by atoms with E-state index < -0.39 is 17.1 Å². The topological polar surface area (TPSA) is 162 Å². The van der Waals surface area contributed by atoms with Crippen molar-refractivity contribution in [3.8, 4) is 40.2 Å². The van der Waals surface area contributed by atoms with Crippen LogP contribution in [0.4, 0.5) is 0 Å². The van der Waals surface area contributed by atoms with Crippen LogP contribution in [0.15, 0.2) is 48.5 Å². The van der Waals surface area contributed by atoms with Crippen LogP contribution in [0.2, 0.25) is 0 Å². The van der Waals surface area contributed by atoms with Crippen molar-refractivity contribution in [1.82, 2.24) is 0 Å². The number of hydrogen-bond acceptors (Lipinski definition) is 8. The molecule has 8 N–H and O–H groups in total. The van der Waals surface area contributed by atoms with Gasteiger partial charge in [-0.25, -0.2) is 0 Å². The molecule has 0 aliphatic rings. The van der Waals surface area contributed by atoms with Gasteiger partial charge in [0.15, 0.2) is 0 Å². The summed E-state index contributed by atoms with van der Waals surface area (Å²) in [6.07, 6.45) is -0.609. The zero-order valence-corrected chi connectivity index (χ0v) is 15.1. The molecule has 29 heavy (non-hydrogen) atoms. The average Bonchev–Trinajstić information content (AvgIpc) is 2.56. The van der Waals surface area contributed by atoms with E-state index in [1.807, 2.05) is 0 Å². The quantitative estimate of drug-likeness (QED) is 0.323. The fourth-order valence-corrected chi connectivity index (χ4v) is 3.33. The second-order valence-corrected chi connectivity index (χ2v) is 6.94. The van der Waals surface area contributed by atoms with Crippen LogP contribution < -0.4 is 0 Å². The molecule has 0 bridgehead atoms. The van der Waals surface area contributed by atoms with E-state index in [0.717, 1.165) is 24.3 Å². The molecule has 8 heteroatoms. The Balaban J connectivity index is 2.13. The maximum atomic E-state index is 11.5. The predicted molar refractivity (Wildman–Crippen MR) is 102 cm³/mol. The molecule has 0 amide bonds. The molecule has 1 unspecified atom stereocenters. The Labute approximate surface area is 165 Å². The van der Waals surface area contributed by atoms with Gasteiger partial charge in [-0.15, -0.1) is 0 Å². The van der Waals surface area contributed by atoms with E-state index in [0.29, 0.717) is 5.56 Å². The zero-order valence-electron chi connectivity index (χ0n) is 15.1. The molecule has 3 aromatic rings. The highest BCUT2D eigenvalue weighted by Gasteiger charge is 2.33. The molecule has 3 aromatic carbocycles. The molecule has 0 fully saturated rings. The van der Waals surface area contributed by atoms with Crippen LogP contribution in [-0.4, -0.2) is 40.9 Å². The first-order chi connectivity index (χ1) is 13.6. The second-order valence-electron chi connectivity index (χ2n) is 6.94. The second kappa shape index (κ2) is 7.33. The first kappa shape index (κ1) is 20.0. The van der Waals surface area contributed by atoms with E-state index in [2.05, 4.69) is 0 Å². The summed E-state index contributed by atoms with van der Waals surface area (Å²) in [4.78, 5) is 0. The summed E-state index contributed by atoms with van der Waals surface area (Å²) in [7, 11) is 0. The zero-order chi connectivity index (χ0) is 21.3. The van der Waals surface area contributed by atoms with E-state index in [-0.39, 0.29) is 52.7 Å². The summed E-state index contributed by atoms with van der Waals surface area (Å²) in [5.74, 6) is -2.44. The van der Waals surface area contributed by atoms with Gasteiger partial charge in [-0.05, 0) is 35.4 Å². The van der Waals surface area contributed by atoms with Crippen LogP contribution >= 0.6 is 0 Å². The van der Waals surface area contributed by atoms with Gasteiger partial charge in [0.05, 0.1) is 5.60 Å². The molecule has 0 radical (unpaired) electrons. The third-order valence-electron chi connectivity index (χ3n) is 4.56. The van der Waals surface area contributed by atoms with Crippen molar-refractivity contribution in [2.75, 3.05) is 0 Å². The predicted octanol–water partition coefficient (Wildman–Crippen LogP) is 2.30. The number of aliphatic hydroxyl groups is 1. The standard InChI is InChI=1S/C21H20O8/c22-13-1-11(2-14(23)5-13)9-21(29,12-3-15(24)6-16(25)4-12)10-18-19(27)7-17(26)8-20(18)28/h1-8,22-29H,9-10H2. The number of benzene rings is 3. The Morgan fingerprint density at radius 2 is 0.931 bits per heavy atom. The first-order valence-electron chi connectivity index (χ1n) is 8.57. The summed E-state index contributed by atoms with van der Waals surface area (Å²) in [5, 5.41) is 80.4. The van der Waals surface area contributed by atoms with Crippen molar-refractivity contribution in [2.45, 2.75) is 18.4 Å². The average molecular weight is 400 g/mol. The van der Waals surface area contributed by atoms with E-state index in [1.54, 1.807) is 0 Å². The lowest BCUT2D eigenvalue weighted by Crippen LogP contribution is -2.31. The van der Waals surface area contributed by atoms with E-state index in [9.17, 15) is 40.9 Å². The molecule has 3 rings (SSSR count). The minimum atomic E-state index is -1.90. The van der Waals surface area contributed by atoms with Crippen LogP contribution in [0.5, 0.6) is 40.2 Å². The Bertz CT molecular complexity index is 999. The molecule has 0 heterocycles. The van der Waals surface area contributed by atoms with Gasteiger partial charge in [-0.2, -0.15) is 0 Å². The minimum absolute atomic E-state index is 0.0599. The molecule has 0 saturated heterocycles. The van der Waals surface area contributed by atoms with Crippen molar-refractivity contribution >= 4 is 0 Å². The fraction of sp³-hybridized carbons (Fsp3) is 0.143. The van der Waals surface area contributed by atoms with E-state index in [4.69, 9.17) is 0 Å². The number of rotatable bonds is 5. The smallest absolute Gasteiger partial charge is 0.126 e. The van der Waals surface area contributed by atoms with Crippen LogP contribution in [0.25, 0.3) is 0 Å². The molecule has 0 spiro atoms. The lowest BCUT2D eigenvalue weighted by molar-refractivity contribution is 0.0354. The van der Waals surface area contributed by atoms with Gasteiger partial charge in [0.25, 0.3) is 0 Å². The van der Waals surface area contributed by atoms with Gasteiger partial charge in [-0.3, -0.25) is 0 Å². The molecule has 0 aliphatic carbocycles. The number of hydrogen-bond donors (Lipinski definition) is 8. The van der Waals surface area contributed by atoms with Crippen molar-refractivity contribution in [3.63, 3.8) is 0 Å². The van der Waals surface area contributed by atoms with Crippen LogP contribution in [0.3, 0.4) is 0 Å². The molecular formula is C21H20O8. The maximum absolute atomic E-state index is 11.5. The number of aromatic hydroxyl groups is 7. The highest BCUT2D eigenvalue weighted by atomic mass is 16.3. The summed E-state index contributed by atoms with van der Waals surface area (Å²) in [6, 6.07) is 9.20. The Kier molecular flexibility index (Phi) is 5.04. The minimum Gasteiger partial charge on any atom is -0.508 e. The molecular weight excluding hydrogens is 380 g/mol. The molecule has 152 valence electrons. The Hall–Kier alpha value is -3.78.